The van der Waals surface area contributed by atoms with E-state index in [1.807, 2.05) is 0 Å². The van der Waals surface area contributed by atoms with Gasteiger partial charge in [0.05, 0.1) is 5.41 Å². The maximum atomic E-state index is 13.2. The Balaban J connectivity index is 1.79. The molecule has 1 saturated carbocycles. The standard InChI is InChI=1S/C17H23FN2O/c18-14-5-3-13(4-6-14)17(9-1-2-10-17)16(21)20-15-7-11-19-12-8-15/h3-6,15,19H,1-2,7-12H2,(H,20,21). The number of carbonyl (C=O) groups is 1. The van der Waals surface area contributed by atoms with Crippen LogP contribution in [0, 0.1) is 5.82 Å². The topological polar surface area (TPSA) is 41.1 Å². The highest BCUT2D eigenvalue weighted by atomic mass is 19.1. The molecule has 21 heavy (non-hydrogen) atoms. The maximum Gasteiger partial charge on any atom is 0.230 e. The van der Waals surface area contributed by atoms with Crippen molar-refractivity contribution in [3.63, 3.8) is 0 Å². The molecule has 1 aromatic rings. The molecular formula is C17H23FN2O. The summed E-state index contributed by atoms with van der Waals surface area (Å²) in [6.07, 6.45) is 5.86. The zero-order chi connectivity index (χ0) is 14.7. The van der Waals surface area contributed by atoms with Crippen LogP contribution in [0.25, 0.3) is 0 Å². The van der Waals surface area contributed by atoms with Crippen LogP contribution in [-0.4, -0.2) is 25.0 Å². The average Bonchev–Trinajstić information content (AvgIpc) is 3.00. The smallest absolute Gasteiger partial charge is 0.230 e. The fourth-order valence-corrected chi connectivity index (χ4v) is 3.68. The van der Waals surface area contributed by atoms with E-state index in [9.17, 15) is 9.18 Å². The molecule has 2 N–H and O–H groups in total. The van der Waals surface area contributed by atoms with Crippen LogP contribution in [0.1, 0.15) is 44.1 Å². The summed E-state index contributed by atoms with van der Waals surface area (Å²) < 4.78 is 13.2. The number of rotatable bonds is 3. The van der Waals surface area contributed by atoms with E-state index in [2.05, 4.69) is 10.6 Å². The molecular weight excluding hydrogens is 267 g/mol. The van der Waals surface area contributed by atoms with Gasteiger partial charge in [-0.05, 0) is 56.5 Å². The number of hydrogen-bond acceptors (Lipinski definition) is 2. The molecule has 0 bridgehead atoms. The second-order valence-electron chi connectivity index (χ2n) is 6.29. The Morgan fingerprint density at radius 3 is 2.38 bits per heavy atom. The Hall–Kier alpha value is -1.42. The van der Waals surface area contributed by atoms with Gasteiger partial charge in [0.2, 0.25) is 5.91 Å². The van der Waals surface area contributed by atoms with E-state index in [0.717, 1.165) is 57.2 Å². The molecule has 1 heterocycles. The lowest BCUT2D eigenvalue weighted by atomic mass is 9.77. The first-order valence-corrected chi connectivity index (χ1v) is 7.98. The summed E-state index contributed by atoms with van der Waals surface area (Å²) in [5.41, 5.74) is 0.520. The monoisotopic (exact) mass is 290 g/mol. The third kappa shape index (κ3) is 2.95. The van der Waals surface area contributed by atoms with E-state index >= 15 is 0 Å². The van der Waals surface area contributed by atoms with Gasteiger partial charge in [0.15, 0.2) is 0 Å². The number of benzene rings is 1. The van der Waals surface area contributed by atoms with Gasteiger partial charge in [-0.25, -0.2) is 4.39 Å². The van der Waals surface area contributed by atoms with Gasteiger partial charge in [0, 0.05) is 6.04 Å². The van der Waals surface area contributed by atoms with Crippen LogP contribution < -0.4 is 10.6 Å². The lowest BCUT2D eigenvalue weighted by molar-refractivity contribution is -0.127. The van der Waals surface area contributed by atoms with Gasteiger partial charge in [0.25, 0.3) is 0 Å². The fraction of sp³-hybridized carbons (Fsp3) is 0.588. The molecule has 0 spiro atoms. The van der Waals surface area contributed by atoms with Crippen LogP contribution in [0.4, 0.5) is 4.39 Å². The zero-order valence-corrected chi connectivity index (χ0v) is 12.3. The summed E-state index contributed by atoms with van der Waals surface area (Å²) >= 11 is 0. The molecule has 4 heteroatoms. The van der Waals surface area contributed by atoms with Crippen molar-refractivity contribution in [2.45, 2.75) is 50.0 Å². The highest BCUT2D eigenvalue weighted by Crippen LogP contribution is 2.41. The van der Waals surface area contributed by atoms with Gasteiger partial charge in [0.1, 0.15) is 5.82 Å². The average molecular weight is 290 g/mol. The number of hydrogen-bond donors (Lipinski definition) is 2. The maximum absolute atomic E-state index is 13.2. The minimum absolute atomic E-state index is 0.138. The van der Waals surface area contributed by atoms with Crippen molar-refractivity contribution in [1.82, 2.24) is 10.6 Å². The van der Waals surface area contributed by atoms with Crippen molar-refractivity contribution in [1.29, 1.82) is 0 Å². The summed E-state index contributed by atoms with van der Waals surface area (Å²) in [5, 5.41) is 6.55. The molecule has 1 saturated heterocycles. The zero-order valence-electron chi connectivity index (χ0n) is 12.3. The van der Waals surface area contributed by atoms with Crippen molar-refractivity contribution in [3.8, 4) is 0 Å². The Morgan fingerprint density at radius 1 is 1.14 bits per heavy atom. The van der Waals surface area contributed by atoms with E-state index in [-0.39, 0.29) is 17.8 Å². The van der Waals surface area contributed by atoms with Gasteiger partial charge in [-0.3, -0.25) is 4.79 Å². The highest BCUT2D eigenvalue weighted by molar-refractivity contribution is 5.88. The molecule has 3 rings (SSSR count). The van der Waals surface area contributed by atoms with Gasteiger partial charge >= 0.3 is 0 Å². The molecule has 3 nitrogen and oxygen atoms in total. The number of carbonyl (C=O) groups excluding carboxylic acids is 1. The van der Waals surface area contributed by atoms with E-state index in [1.54, 1.807) is 12.1 Å². The molecule has 0 aromatic heterocycles. The summed E-state index contributed by atoms with van der Waals surface area (Å²) in [7, 11) is 0. The van der Waals surface area contributed by atoms with Crippen LogP contribution in [0.3, 0.4) is 0 Å². The third-order valence-electron chi connectivity index (χ3n) is 4.96. The van der Waals surface area contributed by atoms with Crippen LogP contribution in [-0.2, 0) is 10.2 Å². The summed E-state index contributed by atoms with van der Waals surface area (Å²) in [5.74, 6) is -0.107. The second-order valence-corrected chi connectivity index (χ2v) is 6.29. The predicted molar refractivity (Wildman–Crippen MR) is 80.6 cm³/mol. The minimum Gasteiger partial charge on any atom is -0.353 e. The molecule has 1 aliphatic heterocycles. The van der Waals surface area contributed by atoms with Crippen LogP contribution >= 0.6 is 0 Å². The van der Waals surface area contributed by atoms with Gasteiger partial charge in [-0.1, -0.05) is 25.0 Å². The van der Waals surface area contributed by atoms with Gasteiger partial charge in [-0.2, -0.15) is 0 Å². The SMILES string of the molecule is O=C(NC1CCNCC1)C1(c2ccc(F)cc2)CCCC1. The Labute approximate surface area is 125 Å². The normalized spacial score (nSPS) is 22.1. The molecule has 0 atom stereocenters. The summed E-state index contributed by atoms with van der Waals surface area (Å²) in [6.45, 7) is 1.93. The molecule has 2 fully saturated rings. The van der Waals surface area contributed by atoms with Crippen LogP contribution in [0.2, 0.25) is 0 Å². The molecule has 1 aromatic carbocycles. The lowest BCUT2D eigenvalue weighted by Crippen LogP contribution is -2.50. The van der Waals surface area contributed by atoms with Crippen molar-refractivity contribution < 1.29 is 9.18 Å². The molecule has 2 aliphatic rings. The van der Waals surface area contributed by atoms with Crippen LogP contribution in [0.5, 0.6) is 0 Å². The predicted octanol–water partition coefficient (Wildman–Crippen LogP) is 2.51. The van der Waals surface area contributed by atoms with Crippen molar-refractivity contribution >= 4 is 5.91 Å². The number of nitrogens with one attached hydrogen (secondary N) is 2. The highest BCUT2D eigenvalue weighted by Gasteiger charge is 2.43. The Bertz CT molecular complexity index is 488. The number of piperidine rings is 1. The molecule has 1 amide bonds. The van der Waals surface area contributed by atoms with Crippen molar-refractivity contribution in [2.75, 3.05) is 13.1 Å². The first-order chi connectivity index (χ1) is 10.2. The van der Waals surface area contributed by atoms with Crippen LogP contribution in [0.15, 0.2) is 24.3 Å². The van der Waals surface area contributed by atoms with E-state index in [0.29, 0.717) is 0 Å². The van der Waals surface area contributed by atoms with Gasteiger partial charge in [-0.15, -0.1) is 0 Å². The van der Waals surface area contributed by atoms with E-state index in [1.165, 1.54) is 12.1 Å². The number of amides is 1. The first kappa shape index (κ1) is 14.5. The van der Waals surface area contributed by atoms with Crippen molar-refractivity contribution in [2.24, 2.45) is 0 Å². The molecule has 1 aliphatic carbocycles. The van der Waals surface area contributed by atoms with E-state index in [4.69, 9.17) is 0 Å². The molecule has 114 valence electrons. The fourth-order valence-electron chi connectivity index (χ4n) is 3.68. The quantitative estimate of drug-likeness (QED) is 0.898. The molecule has 0 unspecified atom stereocenters. The third-order valence-corrected chi connectivity index (χ3v) is 4.96. The van der Waals surface area contributed by atoms with Gasteiger partial charge < -0.3 is 10.6 Å². The first-order valence-electron chi connectivity index (χ1n) is 7.98. The van der Waals surface area contributed by atoms with E-state index < -0.39 is 5.41 Å². The summed E-state index contributed by atoms with van der Waals surface area (Å²) in [6, 6.07) is 6.77. The minimum atomic E-state index is -0.446. The van der Waals surface area contributed by atoms with Crippen molar-refractivity contribution in [3.05, 3.63) is 35.6 Å². The Morgan fingerprint density at radius 2 is 1.76 bits per heavy atom. The molecule has 0 radical (unpaired) electrons. The Kier molecular flexibility index (Phi) is 4.24. The largest absolute Gasteiger partial charge is 0.353 e. The lowest BCUT2D eigenvalue weighted by Gasteiger charge is -2.32. The second kappa shape index (κ2) is 6.14. The summed E-state index contributed by atoms with van der Waals surface area (Å²) in [4.78, 5) is 12.9. The number of halogens is 1.